The van der Waals surface area contributed by atoms with Crippen LogP contribution in [-0.2, 0) is 0 Å². The SMILES string of the molecule is c1ccc([C@@H]2CCN[C@@H](c3ccccc3)C2)cc1. The van der Waals surface area contributed by atoms with Crippen molar-refractivity contribution in [2.24, 2.45) is 0 Å². The van der Waals surface area contributed by atoms with Crippen molar-refractivity contribution in [1.29, 1.82) is 0 Å². The molecule has 0 radical (unpaired) electrons. The molecule has 1 heterocycles. The Bertz CT molecular complexity index is 432. The maximum atomic E-state index is 3.64. The van der Waals surface area contributed by atoms with Crippen molar-refractivity contribution in [3.05, 3.63) is 71.8 Å². The van der Waals surface area contributed by atoms with Gasteiger partial charge in [0.25, 0.3) is 0 Å². The highest BCUT2D eigenvalue weighted by atomic mass is 14.9. The molecule has 0 aliphatic carbocycles. The molecule has 92 valence electrons. The lowest BCUT2D eigenvalue weighted by Crippen LogP contribution is -2.30. The summed E-state index contributed by atoms with van der Waals surface area (Å²) in [6.45, 7) is 1.11. The molecule has 0 unspecified atom stereocenters. The van der Waals surface area contributed by atoms with Gasteiger partial charge in [0.2, 0.25) is 0 Å². The smallest absolute Gasteiger partial charge is 0.0326 e. The Labute approximate surface area is 109 Å². The zero-order valence-electron chi connectivity index (χ0n) is 10.5. The summed E-state index contributed by atoms with van der Waals surface area (Å²) >= 11 is 0. The minimum absolute atomic E-state index is 0.505. The molecule has 1 fully saturated rings. The number of piperidine rings is 1. The molecular formula is C17H19N. The van der Waals surface area contributed by atoms with Gasteiger partial charge in [0, 0.05) is 6.04 Å². The number of hydrogen-bond donors (Lipinski definition) is 1. The van der Waals surface area contributed by atoms with Crippen LogP contribution in [0.1, 0.15) is 35.9 Å². The highest BCUT2D eigenvalue weighted by molar-refractivity contribution is 5.24. The second-order valence-corrected chi connectivity index (χ2v) is 5.05. The maximum absolute atomic E-state index is 3.64. The number of rotatable bonds is 2. The Morgan fingerprint density at radius 2 is 1.39 bits per heavy atom. The quantitative estimate of drug-likeness (QED) is 0.835. The fourth-order valence-corrected chi connectivity index (χ4v) is 2.88. The van der Waals surface area contributed by atoms with Gasteiger partial charge in [0.1, 0.15) is 0 Å². The standard InChI is InChI=1S/C17H19N/c1-3-7-14(8-4-1)16-11-12-18-17(13-16)15-9-5-2-6-10-15/h1-10,16-18H,11-13H2/t16-,17-/m1/s1. The maximum Gasteiger partial charge on any atom is 0.0326 e. The van der Waals surface area contributed by atoms with E-state index in [1.54, 1.807) is 0 Å². The molecule has 18 heavy (non-hydrogen) atoms. The lowest BCUT2D eigenvalue weighted by atomic mass is 9.84. The first-order chi connectivity index (χ1) is 8.93. The van der Waals surface area contributed by atoms with E-state index in [4.69, 9.17) is 0 Å². The number of hydrogen-bond acceptors (Lipinski definition) is 1. The van der Waals surface area contributed by atoms with Gasteiger partial charge in [-0.15, -0.1) is 0 Å². The van der Waals surface area contributed by atoms with Gasteiger partial charge in [0.05, 0.1) is 0 Å². The molecule has 1 N–H and O–H groups in total. The normalized spacial score (nSPS) is 23.8. The monoisotopic (exact) mass is 237 g/mol. The second kappa shape index (κ2) is 5.36. The molecule has 2 aromatic carbocycles. The average Bonchev–Trinajstić information content (AvgIpc) is 2.49. The minimum atomic E-state index is 0.505. The first kappa shape index (κ1) is 11.5. The molecule has 1 heteroatoms. The summed E-state index contributed by atoms with van der Waals surface area (Å²) in [5.74, 6) is 0.692. The van der Waals surface area contributed by atoms with E-state index >= 15 is 0 Å². The van der Waals surface area contributed by atoms with Crippen LogP contribution in [0.4, 0.5) is 0 Å². The van der Waals surface area contributed by atoms with Crippen LogP contribution in [0.3, 0.4) is 0 Å². The molecule has 2 aromatic rings. The lowest BCUT2D eigenvalue weighted by Gasteiger charge is -2.31. The summed E-state index contributed by atoms with van der Waals surface area (Å²) in [5, 5.41) is 3.64. The fourth-order valence-electron chi connectivity index (χ4n) is 2.88. The van der Waals surface area contributed by atoms with E-state index in [1.165, 1.54) is 24.0 Å². The summed E-state index contributed by atoms with van der Waals surface area (Å²) in [7, 11) is 0. The average molecular weight is 237 g/mol. The van der Waals surface area contributed by atoms with Gasteiger partial charge in [-0.25, -0.2) is 0 Å². The van der Waals surface area contributed by atoms with Gasteiger partial charge in [-0.1, -0.05) is 60.7 Å². The van der Waals surface area contributed by atoms with Crippen molar-refractivity contribution in [3.63, 3.8) is 0 Å². The van der Waals surface area contributed by atoms with Gasteiger partial charge < -0.3 is 5.32 Å². The van der Waals surface area contributed by atoms with Crippen molar-refractivity contribution in [2.45, 2.75) is 24.8 Å². The Kier molecular flexibility index (Phi) is 3.42. The molecule has 1 aliphatic rings. The van der Waals surface area contributed by atoms with E-state index in [0.29, 0.717) is 12.0 Å². The van der Waals surface area contributed by atoms with Crippen molar-refractivity contribution in [3.8, 4) is 0 Å². The molecule has 1 saturated heterocycles. The Balaban J connectivity index is 1.77. The molecular weight excluding hydrogens is 218 g/mol. The molecule has 1 aliphatic heterocycles. The predicted molar refractivity (Wildman–Crippen MR) is 75.6 cm³/mol. The summed E-state index contributed by atoms with van der Waals surface area (Å²) in [6, 6.07) is 22.2. The van der Waals surface area contributed by atoms with Gasteiger partial charge in [-0.2, -0.15) is 0 Å². The molecule has 3 rings (SSSR count). The van der Waals surface area contributed by atoms with Gasteiger partial charge in [-0.3, -0.25) is 0 Å². The number of nitrogens with one attached hydrogen (secondary N) is 1. The molecule has 0 aromatic heterocycles. The first-order valence-corrected chi connectivity index (χ1v) is 6.77. The zero-order valence-corrected chi connectivity index (χ0v) is 10.5. The molecule has 2 atom stereocenters. The molecule has 0 spiro atoms. The summed E-state index contributed by atoms with van der Waals surface area (Å²) in [5.41, 5.74) is 2.90. The van der Waals surface area contributed by atoms with Crippen LogP contribution in [0, 0.1) is 0 Å². The third-order valence-electron chi connectivity index (χ3n) is 3.88. The lowest BCUT2D eigenvalue weighted by molar-refractivity contribution is 0.370. The van der Waals surface area contributed by atoms with Crippen molar-refractivity contribution in [1.82, 2.24) is 5.32 Å². The Hall–Kier alpha value is -1.60. The molecule has 0 amide bonds. The van der Waals surface area contributed by atoms with E-state index < -0.39 is 0 Å². The summed E-state index contributed by atoms with van der Waals surface area (Å²) < 4.78 is 0. The highest BCUT2D eigenvalue weighted by Crippen LogP contribution is 2.33. The van der Waals surface area contributed by atoms with Crippen molar-refractivity contribution >= 4 is 0 Å². The van der Waals surface area contributed by atoms with E-state index in [-0.39, 0.29) is 0 Å². The summed E-state index contributed by atoms with van der Waals surface area (Å²) in [6.07, 6.45) is 2.45. The van der Waals surface area contributed by atoms with E-state index in [1.807, 2.05) is 0 Å². The topological polar surface area (TPSA) is 12.0 Å². The van der Waals surface area contributed by atoms with E-state index in [0.717, 1.165) is 6.54 Å². The van der Waals surface area contributed by atoms with Crippen molar-refractivity contribution in [2.75, 3.05) is 6.54 Å². The van der Waals surface area contributed by atoms with E-state index in [2.05, 4.69) is 66.0 Å². The van der Waals surface area contributed by atoms with E-state index in [9.17, 15) is 0 Å². The van der Waals surface area contributed by atoms with Gasteiger partial charge >= 0.3 is 0 Å². The highest BCUT2D eigenvalue weighted by Gasteiger charge is 2.23. The predicted octanol–water partition coefficient (Wildman–Crippen LogP) is 3.89. The fraction of sp³-hybridized carbons (Fsp3) is 0.294. The van der Waals surface area contributed by atoms with Crippen LogP contribution < -0.4 is 5.32 Å². The Morgan fingerprint density at radius 1 is 0.778 bits per heavy atom. The van der Waals surface area contributed by atoms with Gasteiger partial charge in [0.15, 0.2) is 0 Å². The van der Waals surface area contributed by atoms with Crippen LogP contribution in [0.2, 0.25) is 0 Å². The minimum Gasteiger partial charge on any atom is -0.310 e. The summed E-state index contributed by atoms with van der Waals surface area (Å²) in [4.78, 5) is 0. The van der Waals surface area contributed by atoms with Crippen LogP contribution in [0.5, 0.6) is 0 Å². The molecule has 0 saturated carbocycles. The van der Waals surface area contributed by atoms with Crippen LogP contribution >= 0.6 is 0 Å². The third-order valence-corrected chi connectivity index (χ3v) is 3.88. The molecule has 0 bridgehead atoms. The molecule has 1 nitrogen and oxygen atoms in total. The van der Waals surface area contributed by atoms with Crippen LogP contribution in [-0.4, -0.2) is 6.54 Å². The largest absolute Gasteiger partial charge is 0.310 e. The third kappa shape index (κ3) is 2.46. The first-order valence-electron chi connectivity index (χ1n) is 6.77. The second-order valence-electron chi connectivity index (χ2n) is 5.05. The van der Waals surface area contributed by atoms with Gasteiger partial charge in [-0.05, 0) is 36.4 Å². The number of benzene rings is 2. The van der Waals surface area contributed by atoms with Crippen LogP contribution in [0.25, 0.3) is 0 Å². The van der Waals surface area contributed by atoms with Crippen LogP contribution in [0.15, 0.2) is 60.7 Å². The van der Waals surface area contributed by atoms with Crippen molar-refractivity contribution < 1.29 is 0 Å². The zero-order chi connectivity index (χ0) is 12.2. The Morgan fingerprint density at radius 3 is 2.06 bits per heavy atom.